The minimum absolute atomic E-state index is 0.0462. The fourth-order valence-electron chi connectivity index (χ4n) is 3.02. The van der Waals surface area contributed by atoms with E-state index in [1.54, 1.807) is 35.6 Å². The van der Waals surface area contributed by atoms with Gasteiger partial charge < -0.3 is 10.6 Å². The van der Waals surface area contributed by atoms with Gasteiger partial charge in [-0.3, -0.25) is 9.59 Å². The maximum atomic E-state index is 12.8. The predicted molar refractivity (Wildman–Crippen MR) is 94.3 cm³/mol. The molecule has 24 heavy (non-hydrogen) atoms. The second kappa shape index (κ2) is 7.13. The second-order valence-electron chi connectivity index (χ2n) is 6.07. The molecule has 0 saturated carbocycles. The Morgan fingerprint density at radius 1 is 1.38 bits per heavy atom. The standard InChI is InChI=1S/C18H21N3O2S/c1-2-15-11-24-17(20-15)14-7-4-8-21(10-14)18(23)13-6-3-5-12(9-13)16(19)22/h3,5-6,9,11,14H,2,4,7-8,10H2,1H3,(H2,19,22). The number of hydrogen-bond donors (Lipinski definition) is 1. The van der Waals surface area contributed by atoms with Gasteiger partial charge in [-0.25, -0.2) is 4.98 Å². The first kappa shape index (κ1) is 16.6. The minimum Gasteiger partial charge on any atom is -0.366 e. The third-order valence-electron chi connectivity index (χ3n) is 4.38. The highest BCUT2D eigenvalue weighted by Gasteiger charge is 2.27. The Kier molecular flexibility index (Phi) is 4.94. The van der Waals surface area contributed by atoms with Gasteiger partial charge >= 0.3 is 0 Å². The van der Waals surface area contributed by atoms with Crippen molar-refractivity contribution in [3.05, 3.63) is 51.5 Å². The van der Waals surface area contributed by atoms with Crippen LogP contribution in [0.25, 0.3) is 0 Å². The highest BCUT2D eigenvalue weighted by molar-refractivity contribution is 7.09. The number of aromatic nitrogens is 1. The summed E-state index contributed by atoms with van der Waals surface area (Å²) in [7, 11) is 0. The van der Waals surface area contributed by atoms with Crippen molar-refractivity contribution in [2.45, 2.75) is 32.1 Å². The SMILES string of the molecule is CCc1csc(C2CCCN(C(=O)c3cccc(C(N)=O)c3)C2)n1. The van der Waals surface area contributed by atoms with Crippen molar-refractivity contribution in [3.63, 3.8) is 0 Å². The van der Waals surface area contributed by atoms with Crippen LogP contribution in [0.1, 0.15) is 57.1 Å². The van der Waals surface area contributed by atoms with Crippen LogP contribution in [0, 0.1) is 0 Å². The van der Waals surface area contributed by atoms with Gasteiger partial charge in [0.05, 0.1) is 10.7 Å². The van der Waals surface area contributed by atoms with E-state index in [4.69, 9.17) is 5.73 Å². The number of hydrogen-bond acceptors (Lipinski definition) is 4. The Balaban J connectivity index is 1.75. The third-order valence-corrected chi connectivity index (χ3v) is 5.44. The average Bonchev–Trinajstić information content (AvgIpc) is 3.10. The van der Waals surface area contributed by atoms with Gasteiger partial charge in [0, 0.05) is 35.5 Å². The van der Waals surface area contributed by atoms with Crippen LogP contribution in [0.4, 0.5) is 0 Å². The van der Waals surface area contributed by atoms with E-state index in [1.165, 1.54) is 0 Å². The largest absolute Gasteiger partial charge is 0.366 e. The molecule has 0 radical (unpaired) electrons. The van der Waals surface area contributed by atoms with Crippen LogP contribution in [0.2, 0.25) is 0 Å². The fraction of sp³-hybridized carbons (Fsp3) is 0.389. The molecule has 1 aromatic carbocycles. The van der Waals surface area contributed by atoms with Gasteiger partial charge in [0.25, 0.3) is 5.91 Å². The zero-order chi connectivity index (χ0) is 17.1. The number of amides is 2. The third kappa shape index (κ3) is 3.48. The molecule has 1 atom stereocenters. The lowest BCUT2D eigenvalue weighted by atomic mass is 9.97. The number of likely N-dealkylation sites (tertiary alicyclic amines) is 1. The summed E-state index contributed by atoms with van der Waals surface area (Å²) in [5, 5.41) is 3.22. The Labute approximate surface area is 145 Å². The smallest absolute Gasteiger partial charge is 0.253 e. The quantitative estimate of drug-likeness (QED) is 0.927. The van der Waals surface area contributed by atoms with Gasteiger partial charge in [0.2, 0.25) is 5.91 Å². The highest BCUT2D eigenvalue weighted by Crippen LogP contribution is 2.30. The van der Waals surface area contributed by atoms with Gasteiger partial charge in [-0.1, -0.05) is 13.0 Å². The van der Waals surface area contributed by atoms with Gasteiger partial charge in [0.1, 0.15) is 0 Å². The van der Waals surface area contributed by atoms with Crippen LogP contribution in [0.5, 0.6) is 0 Å². The molecule has 0 bridgehead atoms. The van der Waals surface area contributed by atoms with E-state index in [0.717, 1.165) is 36.5 Å². The van der Waals surface area contributed by atoms with E-state index in [1.807, 2.05) is 4.90 Å². The Morgan fingerprint density at radius 2 is 2.17 bits per heavy atom. The molecule has 1 unspecified atom stereocenters. The van der Waals surface area contributed by atoms with Crippen molar-refractivity contribution in [2.24, 2.45) is 5.73 Å². The summed E-state index contributed by atoms with van der Waals surface area (Å²) in [4.78, 5) is 30.6. The molecular formula is C18H21N3O2S. The molecule has 2 amide bonds. The van der Waals surface area contributed by atoms with Crippen molar-refractivity contribution < 1.29 is 9.59 Å². The maximum Gasteiger partial charge on any atom is 0.253 e. The second-order valence-corrected chi connectivity index (χ2v) is 6.96. The van der Waals surface area contributed by atoms with E-state index in [9.17, 15) is 9.59 Å². The van der Waals surface area contributed by atoms with Crippen LogP contribution in [-0.4, -0.2) is 34.8 Å². The van der Waals surface area contributed by atoms with E-state index in [-0.39, 0.29) is 5.91 Å². The van der Waals surface area contributed by atoms with Crippen molar-refractivity contribution in [2.75, 3.05) is 13.1 Å². The first-order valence-electron chi connectivity index (χ1n) is 8.22. The van der Waals surface area contributed by atoms with Crippen molar-refractivity contribution in [3.8, 4) is 0 Å². The molecule has 2 N–H and O–H groups in total. The van der Waals surface area contributed by atoms with Gasteiger partial charge in [-0.2, -0.15) is 0 Å². The molecule has 1 aromatic heterocycles. The van der Waals surface area contributed by atoms with Crippen LogP contribution in [0.3, 0.4) is 0 Å². The molecule has 1 aliphatic rings. The highest BCUT2D eigenvalue weighted by atomic mass is 32.1. The van der Waals surface area contributed by atoms with Crippen LogP contribution >= 0.6 is 11.3 Å². The predicted octanol–water partition coefficient (Wildman–Crippen LogP) is 2.82. The van der Waals surface area contributed by atoms with E-state index in [0.29, 0.717) is 23.6 Å². The molecule has 1 fully saturated rings. The number of nitrogens with zero attached hydrogens (tertiary/aromatic N) is 2. The lowest BCUT2D eigenvalue weighted by molar-refractivity contribution is 0.0707. The Hall–Kier alpha value is -2.21. The molecular weight excluding hydrogens is 322 g/mol. The normalized spacial score (nSPS) is 17.7. The summed E-state index contributed by atoms with van der Waals surface area (Å²) in [6.07, 6.45) is 2.96. The van der Waals surface area contributed by atoms with Crippen LogP contribution in [0.15, 0.2) is 29.6 Å². The Morgan fingerprint density at radius 3 is 2.88 bits per heavy atom. The molecule has 5 nitrogen and oxygen atoms in total. The minimum atomic E-state index is -0.518. The molecule has 6 heteroatoms. The van der Waals surface area contributed by atoms with Crippen molar-refractivity contribution in [1.82, 2.24) is 9.88 Å². The molecule has 0 spiro atoms. The number of piperidine rings is 1. The molecule has 2 aromatic rings. The zero-order valence-electron chi connectivity index (χ0n) is 13.7. The monoisotopic (exact) mass is 343 g/mol. The summed E-state index contributed by atoms with van der Waals surface area (Å²) in [6.45, 7) is 3.51. The molecule has 126 valence electrons. The zero-order valence-corrected chi connectivity index (χ0v) is 14.5. The fourth-order valence-corrected chi connectivity index (χ4v) is 4.05. The maximum absolute atomic E-state index is 12.8. The number of nitrogens with two attached hydrogens (primary N) is 1. The van der Waals surface area contributed by atoms with E-state index < -0.39 is 5.91 Å². The van der Waals surface area contributed by atoms with E-state index >= 15 is 0 Å². The molecule has 1 aliphatic heterocycles. The number of thiazole rings is 1. The number of primary amides is 1. The average molecular weight is 343 g/mol. The van der Waals surface area contributed by atoms with Gasteiger partial charge in [-0.05, 0) is 37.5 Å². The first-order chi connectivity index (χ1) is 11.6. The number of benzene rings is 1. The number of rotatable bonds is 4. The lowest BCUT2D eigenvalue weighted by Crippen LogP contribution is -2.39. The molecule has 0 aliphatic carbocycles. The lowest BCUT2D eigenvalue weighted by Gasteiger charge is -2.32. The summed E-state index contributed by atoms with van der Waals surface area (Å²) in [5.74, 6) is -0.265. The summed E-state index contributed by atoms with van der Waals surface area (Å²) >= 11 is 1.69. The Bertz CT molecular complexity index is 756. The van der Waals surface area contributed by atoms with Gasteiger partial charge in [0.15, 0.2) is 0 Å². The summed E-state index contributed by atoms with van der Waals surface area (Å²) in [6, 6.07) is 6.63. The summed E-state index contributed by atoms with van der Waals surface area (Å²) in [5.41, 5.74) is 7.30. The van der Waals surface area contributed by atoms with Crippen molar-refractivity contribution in [1.29, 1.82) is 0 Å². The first-order valence-corrected chi connectivity index (χ1v) is 9.10. The number of aryl methyl sites for hydroxylation is 1. The van der Waals surface area contributed by atoms with Crippen LogP contribution < -0.4 is 5.73 Å². The topological polar surface area (TPSA) is 76.3 Å². The summed E-state index contributed by atoms with van der Waals surface area (Å²) < 4.78 is 0. The van der Waals surface area contributed by atoms with E-state index in [2.05, 4.69) is 17.3 Å². The van der Waals surface area contributed by atoms with Crippen LogP contribution in [-0.2, 0) is 6.42 Å². The van der Waals surface area contributed by atoms with Crippen molar-refractivity contribution >= 4 is 23.2 Å². The molecule has 1 saturated heterocycles. The van der Waals surface area contributed by atoms with Gasteiger partial charge in [-0.15, -0.1) is 11.3 Å². The molecule has 3 rings (SSSR count). The number of carbonyl (C=O) groups excluding carboxylic acids is 2. The molecule has 2 heterocycles. The number of carbonyl (C=O) groups is 2.